The van der Waals surface area contributed by atoms with Crippen molar-refractivity contribution in [2.24, 2.45) is 5.10 Å². The normalized spacial score (nSPS) is 15.1. The lowest BCUT2D eigenvalue weighted by molar-refractivity contribution is -0.384. The van der Waals surface area contributed by atoms with Gasteiger partial charge in [0.05, 0.1) is 20.5 Å². The van der Waals surface area contributed by atoms with Crippen molar-refractivity contribution in [1.29, 1.82) is 0 Å². The van der Waals surface area contributed by atoms with Gasteiger partial charge in [0, 0.05) is 29.2 Å². The Morgan fingerprint density at radius 1 is 1.21 bits per heavy atom. The number of nitrogens with one attached hydrogen (secondary N) is 1. The third-order valence-corrected chi connectivity index (χ3v) is 7.27. The van der Waals surface area contributed by atoms with E-state index in [4.69, 9.17) is 0 Å². The van der Waals surface area contributed by atoms with Gasteiger partial charge in [0.1, 0.15) is 11.4 Å². The Kier molecular flexibility index (Phi) is 6.56. The Hall–Kier alpha value is -2.02. The highest BCUT2D eigenvalue weighted by Gasteiger charge is 2.29. The lowest BCUT2D eigenvalue weighted by Gasteiger charge is -2.15. The van der Waals surface area contributed by atoms with E-state index in [1.807, 2.05) is 0 Å². The molecule has 1 heterocycles. The van der Waals surface area contributed by atoms with Gasteiger partial charge in [0.2, 0.25) is 10.0 Å². The van der Waals surface area contributed by atoms with E-state index in [9.17, 15) is 23.6 Å². The maximum atomic E-state index is 12.6. The highest BCUT2D eigenvalue weighted by Crippen LogP contribution is 2.32. The van der Waals surface area contributed by atoms with Crippen LogP contribution in [0.25, 0.3) is 0 Å². The van der Waals surface area contributed by atoms with Gasteiger partial charge in [-0.15, -0.1) is 0 Å². The fourth-order valence-electron chi connectivity index (χ4n) is 2.85. The van der Waals surface area contributed by atoms with Crippen LogP contribution in [-0.4, -0.2) is 42.1 Å². The van der Waals surface area contributed by atoms with Gasteiger partial charge in [0.25, 0.3) is 5.69 Å². The van der Waals surface area contributed by atoms with Crippen LogP contribution in [0.15, 0.2) is 49.3 Å². The minimum atomic E-state index is -3.77. The molecule has 2 N–H and O–H groups in total. The first-order valence-corrected chi connectivity index (χ1v) is 11.5. The van der Waals surface area contributed by atoms with E-state index in [2.05, 4.69) is 42.4 Å². The van der Waals surface area contributed by atoms with Gasteiger partial charge in [-0.25, -0.2) is 8.42 Å². The molecular weight excluding hydrogens is 532 g/mol. The summed E-state index contributed by atoms with van der Waals surface area (Å²) in [5, 5.41) is 25.4. The zero-order valence-corrected chi connectivity index (χ0v) is 18.9. The van der Waals surface area contributed by atoms with E-state index >= 15 is 0 Å². The molecule has 29 heavy (non-hydrogen) atoms. The lowest BCUT2D eigenvalue weighted by atomic mass is 10.2. The molecule has 0 spiro atoms. The average molecular weight is 548 g/mol. The van der Waals surface area contributed by atoms with Crippen molar-refractivity contribution >= 4 is 59.5 Å². The Morgan fingerprint density at radius 2 is 1.90 bits per heavy atom. The van der Waals surface area contributed by atoms with E-state index in [0.717, 1.165) is 18.9 Å². The quantitative estimate of drug-likeness (QED) is 0.319. The zero-order valence-electron chi connectivity index (χ0n) is 14.9. The first-order chi connectivity index (χ1) is 13.7. The fourth-order valence-corrected chi connectivity index (χ4v) is 5.65. The van der Waals surface area contributed by atoms with Gasteiger partial charge in [-0.05, 0) is 53.0 Å². The molecule has 0 unspecified atom stereocenters. The summed E-state index contributed by atoms with van der Waals surface area (Å²) in [6.07, 6.45) is 2.84. The van der Waals surface area contributed by atoms with Crippen LogP contribution in [-0.2, 0) is 10.0 Å². The minimum Gasteiger partial charge on any atom is -0.506 e. The molecule has 12 heteroatoms. The number of benzene rings is 2. The molecule has 0 bridgehead atoms. The smallest absolute Gasteiger partial charge is 0.295 e. The monoisotopic (exact) mass is 546 g/mol. The van der Waals surface area contributed by atoms with Crippen molar-refractivity contribution in [3.8, 4) is 5.75 Å². The first kappa shape index (κ1) is 21.7. The summed E-state index contributed by atoms with van der Waals surface area (Å²) in [7, 11) is -3.77. The van der Waals surface area contributed by atoms with Crippen LogP contribution in [0.1, 0.15) is 18.4 Å². The summed E-state index contributed by atoms with van der Waals surface area (Å²) in [6, 6.07) is 6.91. The molecule has 1 aliphatic rings. The Balaban J connectivity index is 1.88. The fraction of sp³-hybridized carbons (Fsp3) is 0.235. The predicted molar refractivity (Wildman–Crippen MR) is 116 cm³/mol. The van der Waals surface area contributed by atoms with Crippen molar-refractivity contribution in [1.82, 2.24) is 4.31 Å². The second-order valence-corrected chi connectivity index (χ2v) is 9.95. The second kappa shape index (κ2) is 8.78. The zero-order chi connectivity index (χ0) is 21.2. The number of nitrogens with zero attached hydrogens (tertiary/aromatic N) is 3. The number of hydrogen-bond donors (Lipinski definition) is 2. The number of hydrogen-bond acceptors (Lipinski definition) is 7. The van der Waals surface area contributed by atoms with E-state index in [0.29, 0.717) is 27.6 Å². The third-order valence-electron chi connectivity index (χ3n) is 4.31. The number of sulfonamides is 1. The van der Waals surface area contributed by atoms with Crippen LogP contribution in [0.3, 0.4) is 0 Å². The topological polar surface area (TPSA) is 125 Å². The predicted octanol–water partition coefficient (Wildman–Crippen LogP) is 4.06. The molecule has 0 radical (unpaired) electrons. The number of phenols is 1. The summed E-state index contributed by atoms with van der Waals surface area (Å²) in [5.41, 5.74) is 2.52. The highest BCUT2D eigenvalue weighted by atomic mass is 79.9. The van der Waals surface area contributed by atoms with Crippen molar-refractivity contribution in [2.75, 3.05) is 18.5 Å². The van der Waals surface area contributed by atoms with Gasteiger partial charge < -0.3 is 5.11 Å². The molecule has 0 amide bonds. The number of halogens is 2. The van der Waals surface area contributed by atoms with Crippen LogP contribution in [0.2, 0.25) is 0 Å². The molecule has 1 fully saturated rings. The molecule has 154 valence electrons. The van der Waals surface area contributed by atoms with E-state index in [-0.39, 0.29) is 16.3 Å². The molecule has 3 rings (SSSR count). The van der Waals surface area contributed by atoms with Gasteiger partial charge in [-0.2, -0.15) is 9.41 Å². The number of nitro groups is 1. The summed E-state index contributed by atoms with van der Waals surface area (Å²) >= 11 is 6.50. The molecule has 0 aliphatic carbocycles. The summed E-state index contributed by atoms with van der Waals surface area (Å²) in [5.74, 6) is -0.0414. The number of phenolic OH excluding ortho intramolecular Hbond substituents is 1. The molecule has 0 atom stereocenters. The van der Waals surface area contributed by atoms with Crippen molar-refractivity contribution in [3.63, 3.8) is 0 Å². The standard InChI is InChI=1S/C17H16Br2N4O5S/c18-12-7-11(17(24)14(19)8-12)10-20-21-15-4-3-13(9-16(15)23(25)26)29(27,28)22-5-1-2-6-22/h3-4,7-10,21,24H,1-2,5-6H2/b20-10+. The maximum Gasteiger partial charge on any atom is 0.295 e. The van der Waals surface area contributed by atoms with Crippen LogP contribution in [0.5, 0.6) is 5.75 Å². The van der Waals surface area contributed by atoms with Gasteiger partial charge in [-0.1, -0.05) is 15.9 Å². The first-order valence-electron chi connectivity index (χ1n) is 8.46. The molecule has 0 saturated carbocycles. The SMILES string of the molecule is O=[N+]([O-])c1cc(S(=O)(=O)N2CCCC2)ccc1N/N=C/c1cc(Br)cc(Br)c1O. The molecule has 2 aromatic rings. The third kappa shape index (κ3) is 4.77. The van der Waals surface area contributed by atoms with Crippen molar-refractivity contribution in [2.45, 2.75) is 17.7 Å². The van der Waals surface area contributed by atoms with Crippen LogP contribution in [0.4, 0.5) is 11.4 Å². The molecule has 0 aromatic heterocycles. The lowest BCUT2D eigenvalue weighted by Crippen LogP contribution is -2.27. The highest BCUT2D eigenvalue weighted by molar-refractivity contribution is 9.11. The van der Waals surface area contributed by atoms with Gasteiger partial charge in [0.15, 0.2) is 0 Å². The number of aromatic hydroxyl groups is 1. The maximum absolute atomic E-state index is 12.6. The number of rotatable bonds is 6. The van der Waals surface area contributed by atoms with Crippen LogP contribution < -0.4 is 5.43 Å². The molecule has 2 aromatic carbocycles. The number of anilines is 1. The summed E-state index contributed by atoms with van der Waals surface area (Å²) in [6.45, 7) is 0.818. The van der Waals surface area contributed by atoms with Gasteiger partial charge in [-0.3, -0.25) is 15.5 Å². The molecule has 1 saturated heterocycles. The van der Waals surface area contributed by atoms with Crippen LogP contribution in [0, 0.1) is 10.1 Å². The number of nitro benzene ring substituents is 1. The molecular formula is C17H16Br2N4O5S. The molecule has 9 nitrogen and oxygen atoms in total. The van der Waals surface area contributed by atoms with Crippen molar-refractivity contribution < 1.29 is 18.4 Å². The largest absolute Gasteiger partial charge is 0.506 e. The molecule has 1 aliphatic heterocycles. The van der Waals surface area contributed by atoms with Crippen molar-refractivity contribution in [3.05, 3.63) is 55.0 Å². The summed E-state index contributed by atoms with van der Waals surface area (Å²) < 4.78 is 27.8. The number of hydrazone groups is 1. The van der Waals surface area contributed by atoms with E-state index < -0.39 is 20.6 Å². The van der Waals surface area contributed by atoms with E-state index in [1.165, 1.54) is 22.7 Å². The second-order valence-electron chi connectivity index (χ2n) is 6.24. The average Bonchev–Trinajstić information content (AvgIpc) is 3.21. The minimum absolute atomic E-state index is 0.0279. The Bertz CT molecular complexity index is 1090. The van der Waals surface area contributed by atoms with E-state index in [1.54, 1.807) is 12.1 Å². The van der Waals surface area contributed by atoms with Crippen LogP contribution >= 0.6 is 31.9 Å². The summed E-state index contributed by atoms with van der Waals surface area (Å²) in [4.78, 5) is 10.6. The van der Waals surface area contributed by atoms with Gasteiger partial charge >= 0.3 is 0 Å². The Labute approximate surface area is 183 Å². The Morgan fingerprint density at radius 3 is 2.55 bits per heavy atom.